The molecule has 110 valence electrons. The van der Waals surface area contributed by atoms with Crippen LogP contribution in [-0.4, -0.2) is 47.0 Å². The average molecular weight is 282 g/mol. The van der Waals surface area contributed by atoms with Crippen molar-refractivity contribution in [3.05, 3.63) is 33.9 Å². The van der Waals surface area contributed by atoms with Gasteiger partial charge in [0.25, 0.3) is 5.69 Å². The summed E-state index contributed by atoms with van der Waals surface area (Å²) in [7, 11) is 0. The highest BCUT2D eigenvalue weighted by atomic mass is 16.6. The zero-order valence-electron chi connectivity index (χ0n) is 11.2. The quantitative estimate of drug-likeness (QED) is 0.622. The Morgan fingerprint density at radius 1 is 1.45 bits per heavy atom. The second-order valence-corrected chi connectivity index (χ2v) is 4.88. The summed E-state index contributed by atoms with van der Waals surface area (Å²) in [5.74, 6) is 0. The maximum atomic E-state index is 10.8. The van der Waals surface area contributed by atoms with Crippen molar-refractivity contribution in [1.82, 2.24) is 0 Å². The number of nitro groups is 1. The van der Waals surface area contributed by atoms with Gasteiger partial charge in [0.2, 0.25) is 0 Å². The Morgan fingerprint density at radius 3 is 2.80 bits per heavy atom. The third kappa shape index (κ3) is 3.06. The van der Waals surface area contributed by atoms with Gasteiger partial charge in [0.15, 0.2) is 0 Å². The molecule has 0 aliphatic carbocycles. The van der Waals surface area contributed by atoms with Crippen LogP contribution in [0.2, 0.25) is 0 Å². The van der Waals surface area contributed by atoms with Gasteiger partial charge in [0, 0.05) is 36.5 Å². The largest absolute Gasteiger partial charge is 0.394 e. The summed E-state index contributed by atoms with van der Waals surface area (Å²) in [6.45, 7) is 2.65. The maximum Gasteiger partial charge on any atom is 0.269 e. The Hall–Kier alpha value is -1.70. The third-order valence-electron chi connectivity index (χ3n) is 3.31. The molecule has 0 saturated carbocycles. The van der Waals surface area contributed by atoms with Gasteiger partial charge < -0.3 is 19.8 Å². The lowest BCUT2D eigenvalue weighted by atomic mass is 10.1. The van der Waals surface area contributed by atoms with Gasteiger partial charge in [0.1, 0.15) is 0 Å². The van der Waals surface area contributed by atoms with E-state index in [9.17, 15) is 20.3 Å². The average Bonchev–Trinajstić information content (AvgIpc) is 2.45. The van der Waals surface area contributed by atoms with Gasteiger partial charge >= 0.3 is 0 Å². The Labute approximate surface area is 116 Å². The molecule has 0 aromatic heterocycles. The zero-order valence-corrected chi connectivity index (χ0v) is 11.2. The molecule has 20 heavy (non-hydrogen) atoms. The van der Waals surface area contributed by atoms with Crippen molar-refractivity contribution in [3.63, 3.8) is 0 Å². The van der Waals surface area contributed by atoms with Crippen LogP contribution in [0.25, 0.3) is 0 Å². The molecular weight excluding hydrogens is 264 g/mol. The fourth-order valence-electron chi connectivity index (χ4n) is 2.46. The summed E-state index contributed by atoms with van der Waals surface area (Å²) in [5, 5.41) is 29.4. The molecule has 1 aliphatic rings. The number of aliphatic hydroxyl groups excluding tert-OH is 2. The number of hydrogen-bond acceptors (Lipinski definition) is 6. The van der Waals surface area contributed by atoms with E-state index in [1.54, 1.807) is 6.07 Å². The van der Waals surface area contributed by atoms with E-state index in [1.165, 1.54) is 12.1 Å². The molecule has 1 saturated heterocycles. The van der Waals surface area contributed by atoms with Crippen molar-refractivity contribution in [1.29, 1.82) is 0 Å². The number of benzene rings is 1. The predicted molar refractivity (Wildman–Crippen MR) is 72.7 cm³/mol. The molecule has 0 radical (unpaired) electrons. The van der Waals surface area contributed by atoms with E-state index in [-0.39, 0.29) is 31.1 Å². The lowest BCUT2D eigenvalue weighted by Crippen LogP contribution is -2.48. The molecule has 0 spiro atoms. The highest BCUT2D eigenvalue weighted by Crippen LogP contribution is 2.28. The van der Waals surface area contributed by atoms with Crippen LogP contribution in [0.5, 0.6) is 0 Å². The normalized spacial score (nSPS) is 22.9. The van der Waals surface area contributed by atoms with E-state index in [0.717, 1.165) is 5.69 Å². The topological polar surface area (TPSA) is 96.1 Å². The Kier molecular flexibility index (Phi) is 4.53. The van der Waals surface area contributed by atoms with E-state index in [4.69, 9.17) is 4.74 Å². The van der Waals surface area contributed by atoms with Gasteiger partial charge in [-0.05, 0) is 13.0 Å². The zero-order chi connectivity index (χ0) is 14.7. The molecule has 7 nitrogen and oxygen atoms in total. The minimum atomic E-state index is -0.485. The van der Waals surface area contributed by atoms with Crippen molar-refractivity contribution in [2.45, 2.75) is 25.7 Å². The van der Waals surface area contributed by atoms with Gasteiger partial charge in [-0.3, -0.25) is 10.1 Å². The summed E-state index contributed by atoms with van der Waals surface area (Å²) < 4.78 is 5.56. The number of nitro benzene ring substituents is 1. The molecule has 1 heterocycles. The summed E-state index contributed by atoms with van der Waals surface area (Å²) in [4.78, 5) is 12.3. The second kappa shape index (κ2) is 6.17. The second-order valence-electron chi connectivity index (χ2n) is 4.88. The monoisotopic (exact) mass is 282 g/mol. The number of anilines is 1. The number of nitrogens with zero attached hydrogens (tertiary/aromatic N) is 2. The summed E-state index contributed by atoms with van der Waals surface area (Å²) in [6, 6.07) is 4.43. The summed E-state index contributed by atoms with van der Waals surface area (Å²) >= 11 is 0. The lowest BCUT2D eigenvalue weighted by molar-refractivity contribution is -0.384. The fourth-order valence-corrected chi connectivity index (χ4v) is 2.46. The molecule has 2 N–H and O–H groups in total. The number of aliphatic hydroxyl groups is 2. The van der Waals surface area contributed by atoms with Crippen LogP contribution < -0.4 is 4.90 Å². The fraction of sp³-hybridized carbons (Fsp3) is 0.538. The van der Waals surface area contributed by atoms with E-state index in [0.29, 0.717) is 18.7 Å². The van der Waals surface area contributed by atoms with Crippen LogP contribution in [-0.2, 0) is 11.3 Å². The van der Waals surface area contributed by atoms with Gasteiger partial charge in [-0.15, -0.1) is 0 Å². The Morgan fingerprint density at radius 2 is 2.20 bits per heavy atom. The Bertz CT molecular complexity index is 494. The molecule has 1 aliphatic heterocycles. The summed E-state index contributed by atoms with van der Waals surface area (Å²) in [5.41, 5.74) is 1.20. The maximum absolute atomic E-state index is 10.8. The molecule has 1 fully saturated rings. The number of rotatable bonds is 4. The molecule has 7 heteroatoms. The van der Waals surface area contributed by atoms with Crippen LogP contribution in [0.1, 0.15) is 12.5 Å². The summed E-state index contributed by atoms with van der Waals surface area (Å²) in [6.07, 6.45) is -0.344. The third-order valence-corrected chi connectivity index (χ3v) is 3.31. The molecule has 2 rings (SSSR count). The van der Waals surface area contributed by atoms with E-state index in [2.05, 4.69) is 0 Å². The van der Waals surface area contributed by atoms with Crippen molar-refractivity contribution < 1.29 is 19.9 Å². The first-order valence-corrected chi connectivity index (χ1v) is 6.44. The van der Waals surface area contributed by atoms with Crippen LogP contribution in [0, 0.1) is 10.1 Å². The van der Waals surface area contributed by atoms with Gasteiger partial charge in [-0.25, -0.2) is 0 Å². The smallest absolute Gasteiger partial charge is 0.269 e. The molecule has 2 atom stereocenters. The molecule has 0 amide bonds. The molecule has 1 aromatic rings. The number of morpholine rings is 1. The first kappa shape index (κ1) is 14.7. The van der Waals surface area contributed by atoms with Crippen molar-refractivity contribution in [3.8, 4) is 0 Å². The predicted octanol–water partition coefficient (Wildman–Crippen LogP) is 0.673. The molecule has 0 bridgehead atoms. The molecule has 2 unspecified atom stereocenters. The number of non-ortho nitro benzene ring substituents is 1. The highest BCUT2D eigenvalue weighted by molar-refractivity contribution is 5.58. The first-order valence-electron chi connectivity index (χ1n) is 6.44. The van der Waals surface area contributed by atoms with Crippen LogP contribution in [0.4, 0.5) is 11.4 Å². The van der Waals surface area contributed by atoms with Crippen LogP contribution in [0.15, 0.2) is 18.2 Å². The lowest BCUT2D eigenvalue weighted by Gasteiger charge is -2.38. The molecule has 1 aromatic carbocycles. The van der Waals surface area contributed by atoms with Gasteiger partial charge in [-0.1, -0.05) is 0 Å². The van der Waals surface area contributed by atoms with Crippen molar-refractivity contribution >= 4 is 11.4 Å². The Balaban J connectivity index is 2.29. The minimum Gasteiger partial charge on any atom is -0.394 e. The van der Waals surface area contributed by atoms with Crippen molar-refractivity contribution in [2.24, 2.45) is 0 Å². The van der Waals surface area contributed by atoms with Gasteiger partial charge in [-0.2, -0.15) is 0 Å². The van der Waals surface area contributed by atoms with E-state index in [1.807, 2.05) is 11.8 Å². The highest BCUT2D eigenvalue weighted by Gasteiger charge is 2.26. The SMILES string of the molecule is CC1CN(c2ccc([N+](=O)[O-])cc2CO)CC(CO)O1. The van der Waals surface area contributed by atoms with Crippen molar-refractivity contribution in [2.75, 3.05) is 24.6 Å². The van der Waals surface area contributed by atoms with E-state index < -0.39 is 4.92 Å². The van der Waals surface area contributed by atoms with Crippen LogP contribution in [0.3, 0.4) is 0 Å². The number of ether oxygens (including phenoxy) is 1. The number of hydrogen-bond donors (Lipinski definition) is 2. The first-order chi connectivity index (χ1) is 9.55. The van der Waals surface area contributed by atoms with Gasteiger partial charge in [0.05, 0.1) is 30.3 Å². The molecular formula is C13H18N2O5. The standard InChI is InChI=1S/C13H18N2O5/c1-9-5-14(6-12(8-17)20-9)13-3-2-11(15(18)19)4-10(13)7-16/h2-4,9,12,16-17H,5-8H2,1H3. The van der Waals surface area contributed by atoms with Crippen LogP contribution >= 0.6 is 0 Å². The minimum absolute atomic E-state index is 0.0437. The van der Waals surface area contributed by atoms with E-state index >= 15 is 0 Å².